The smallest absolute Gasteiger partial charge is 0.311 e. The number of nitro benzene ring substituents is 1. The maximum Gasteiger partial charge on any atom is 0.311 e. The third-order valence-electron chi connectivity index (χ3n) is 3.40. The minimum absolute atomic E-state index is 0.0928. The van der Waals surface area contributed by atoms with Crippen molar-refractivity contribution in [1.29, 1.82) is 0 Å². The van der Waals surface area contributed by atoms with Crippen LogP contribution in [0, 0.1) is 24.0 Å². The van der Waals surface area contributed by atoms with Crippen molar-refractivity contribution >= 4 is 46.0 Å². The quantitative estimate of drug-likeness (QED) is 0.465. The molecule has 2 aromatic rings. The van der Waals surface area contributed by atoms with Crippen molar-refractivity contribution in [1.82, 2.24) is 0 Å². The topological polar surface area (TPSA) is 76.4 Å². The first kappa shape index (κ1) is 18.0. The molecule has 0 spiro atoms. The van der Waals surface area contributed by atoms with E-state index >= 15 is 0 Å². The highest BCUT2D eigenvalue weighted by atomic mass is 35.5. The van der Waals surface area contributed by atoms with Gasteiger partial charge in [0.05, 0.1) is 12.0 Å². The zero-order valence-electron chi connectivity index (χ0n) is 13.3. The van der Waals surface area contributed by atoms with Crippen LogP contribution in [0.3, 0.4) is 0 Å². The van der Waals surface area contributed by atoms with Gasteiger partial charge in [0.15, 0.2) is 10.9 Å². The van der Waals surface area contributed by atoms with E-state index < -0.39 is 4.92 Å². The maximum atomic E-state index is 11.0. The zero-order valence-corrected chi connectivity index (χ0v) is 14.9. The number of halogens is 1. The van der Waals surface area contributed by atoms with E-state index in [1.54, 1.807) is 19.1 Å². The van der Waals surface area contributed by atoms with Gasteiger partial charge in [0.25, 0.3) is 0 Å². The summed E-state index contributed by atoms with van der Waals surface area (Å²) in [5.41, 5.74) is 2.91. The van der Waals surface area contributed by atoms with Crippen molar-refractivity contribution in [3.63, 3.8) is 0 Å². The van der Waals surface area contributed by atoms with E-state index in [9.17, 15) is 10.1 Å². The Morgan fingerprint density at radius 2 is 1.92 bits per heavy atom. The lowest BCUT2D eigenvalue weighted by atomic mass is 10.1. The van der Waals surface area contributed by atoms with Crippen LogP contribution in [0.1, 0.15) is 11.1 Å². The third-order valence-corrected chi connectivity index (χ3v) is 4.01. The molecule has 8 heteroatoms. The number of hydrogen-bond donors (Lipinski definition) is 2. The van der Waals surface area contributed by atoms with Gasteiger partial charge in [0.1, 0.15) is 0 Å². The number of nitrogens with zero attached hydrogens (tertiary/aromatic N) is 1. The van der Waals surface area contributed by atoms with Gasteiger partial charge in [-0.15, -0.1) is 0 Å². The molecule has 2 rings (SSSR count). The minimum atomic E-state index is -0.486. The van der Waals surface area contributed by atoms with Crippen LogP contribution >= 0.6 is 23.8 Å². The van der Waals surface area contributed by atoms with Gasteiger partial charge in [-0.25, -0.2) is 0 Å². The molecule has 6 nitrogen and oxygen atoms in total. The summed E-state index contributed by atoms with van der Waals surface area (Å²) in [7, 11) is 1.38. The lowest BCUT2D eigenvalue weighted by Crippen LogP contribution is -2.19. The van der Waals surface area contributed by atoms with Gasteiger partial charge < -0.3 is 15.4 Å². The minimum Gasteiger partial charge on any atom is -0.490 e. The van der Waals surface area contributed by atoms with Gasteiger partial charge >= 0.3 is 5.69 Å². The Hall–Kier alpha value is -2.38. The number of rotatable bonds is 4. The van der Waals surface area contributed by atoms with Crippen molar-refractivity contribution in [2.24, 2.45) is 0 Å². The molecule has 0 atom stereocenters. The largest absolute Gasteiger partial charge is 0.490 e. The number of ether oxygens (including phenoxy) is 1. The second-order valence-electron chi connectivity index (χ2n) is 5.14. The summed E-state index contributed by atoms with van der Waals surface area (Å²) >= 11 is 11.4. The van der Waals surface area contributed by atoms with E-state index in [4.69, 9.17) is 28.6 Å². The monoisotopic (exact) mass is 365 g/mol. The summed E-state index contributed by atoms with van der Waals surface area (Å²) in [5, 5.41) is 18.0. The fraction of sp³-hybridized carbons (Fsp3) is 0.188. The first-order chi connectivity index (χ1) is 11.3. The molecule has 0 aliphatic carbocycles. The molecule has 0 bridgehead atoms. The molecular formula is C16H16ClN3O3S. The van der Waals surface area contributed by atoms with Gasteiger partial charge in [-0.05, 0) is 49.3 Å². The van der Waals surface area contributed by atoms with Crippen LogP contribution in [0.5, 0.6) is 5.75 Å². The number of nitro groups is 1. The van der Waals surface area contributed by atoms with Crippen LogP contribution in [-0.2, 0) is 0 Å². The Labute approximate surface area is 149 Å². The van der Waals surface area contributed by atoms with E-state index in [-0.39, 0.29) is 11.4 Å². The van der Waals surface area contributed by atoms with Crippen LogP contribution in [0.2, 0.25) is 5.02 Å². The highest BCUT2D eigenvalue weighted by molar-refractivity contribution is 7.80. The molecule has 0 aliphatic heterocycles. The molecule has 0 aliphatic rings. The van der Waals surface area contributed by atoms with Gasteiger partial charge in [-0.1, -0.05) is 17.7 Å². The molecule has 0 unspecified atom stereocenters. The standard InChI is InChI=1S/C16H16ClN3O3S/c1-9-4-5-11(7-12(9)17)18-16(24)19-13-8-15(23-3)14(20(21)22)6-10(13)2/h4-8H,1-3H3,(H2,18,19,24). The van der Waals surface area contributed by atoms with E-state index in [0.29, 0.717) is 21.4 Å². The number of benzene rings is 2. The second-order valence-corrected chi connectivity index (χ2v) is 5.95. The molecule has 0 amide bonds. The average Bonchev–Trinajstić information content (AvgIpc) is 2.52. The summed E-state index contributed by atoms with van der Waals surface area (Å²) in [6, 6.07) is 8.50. The molecule has 2 aromatic carbocycles. The molecule has 0 aromatic heterocycles. The predicted molar refractivity (Wildman–Crippen MR) is 100 cm³/mol. The molecule has 0 heterocycles. The van der Waals surface area contributed by atoms with Crippen LogP contribution in [0.25, 0.3) is 0 Å². The van der Waals surface area contributed by atoms with Crippen LogP contribution < -0.4 is 15.4 Å². The molecule has 0 saturated heterocycles. The normalized spacial score (nSPS) is 10.2. The first-order valence-corrected chi connectivity index (χ1v) is 7.77. The van der Waals surface area contributed by atoms with Crippen LogP contribution in [0.15, 0.2) is 30.3 Å². The summed E-state index contributed by atoms with van der Waals surface area (Å²) in [4.78, 5) is 10.5. The van der Waals surface area contributed by atoms with Crippen LogP contribution in [-0.4, -0.2) is 17.1 Å². The Morgan fingerprint density at radius 3 is 2.50 bits per heavy atom. The van der Waals surface area contributed by atoms with E-state index in [0.717, 1.165) is 11.3 Å². The maximum absolute atomic E-state index is 11.0. The number of anilines is 2. The van der Waals surface area contributed by atoms with Crippen LogP contribution in [0.4, 0.5) is 17.1 Å². The molecule has 0 saturated carbocycles. The van der Waals surface area contributed by atoms with E-state index in [1.807, 2.05) is 19.1 Å². The lowest BCUT2D eigenvalue weighted by molar-refractivity contribution is -0.385. The fourth-order valence-corrected chi connectivity index (χ4v) is 2.48. The van der Waals surface area contributed by atoms with Crippen molar-refractivity contribution < 1.29 is 9.66 Å². The molecule has 24 heavy (non-hydrogen) atoms. The third kappa shape index (κ3) is 4.12. The molecule has 2 N–H and O–H groups in total. The number of methoxy groups -OCH3 is 1. The first-order valence-electron chi connectivity index (χ1n) is 6.99. The van der Waals surface area contributed by atoms with E-state index in [2.05, 4.69) is 10.6 Å². The molecular weight excluding hydrogens is 350 g/mol. The Kier molecular flexibility index (Phi) is 5.58. The van der Waals surface area contributed by atoms with Gasteiger partial charge in [-0.2, -0.15) is 0 Å². The number of thiocarbonyl (C=S) groups is 1. The predicted octanol–water partition coefficient (Wildman–Crippen LogP) is 4.68. The number of nitrogens with one attached hydrogen (secondary N) is 2. The lowest BCUT2D eigenvalue weighted by Gasteiger charge is -2.14. The van der Waals surface area contributed by atoms with Gasteiger partial charge in [-0.3, -0.25) is 10.1 Å². The van der Waals surface area contributed by atoms with Crippen molar-refractivity contribution in [2.45, 2.75) is 13.8 Å². The van der Waals surface area contributed by atoms with Gasteiger partial charge in [0.2, 0.25) is 0 Å². The van der Waals surface area contributed by atoms with Crippen molar-refractivity contribution in [3.8, 4) is 5.75 Å². The second kappa shape index (κ2) is 7.46. The van der Waals surface area contributed by atoms with Gasteiger partial charge in [0, 0.05) is 28.5 Å². The molecule has 0 fully saturated rings. The van der Waals surface area contributed by atoms with Crippen molar-refractivity contribution in [3.05, 3.63) is 56.6 Å². The summed E-state index contributed by atoms with van der Waals surface area (Å²) in [6.07, 6.45) is 0. The fourth-order valence-electron chi connectivity index (χ4n) is 2.07. The molecule has 0 radical (unpaired) electrons. The summed E-state index contributed by atoms with van der Waals surface area (Å²) < 4.78 is 5.07. The van der Waals surface area contributed by atoms with Crippen molar-refractivity contribution in [2.75, 3.05) is 17.7 Å². The number of hydrogen-bond acceptors (Lipinski definition) is 4. The highest BCUT2D eigenvalue weighted by Crippen LogP contribution is 2.32. The summed E-state index contributed by atoms with van der Waals surface area (Å²) in [6.45, 7) is 3.66. The Bertz CT molecular complexity index is 811. The Morgan fingerprint density at radius 1 is 1.21 bits per heavy atom. The molecule has 126 valence electrons. The summed E-state index contributed by atoms with van der Waals surface area (Å²) in [5.74, 6) is 0.161. The average molecular weight is 366 g/mol. The number of aryl methyl sites for hydroxylation is 2. The van der Waals surface area contributed by atoms with E-state index in [1.165, 1.54) is 13.2 Å². The highest BCUT2D eigenvalue weighted by Gasteiger charge is 2.17. The Balaban J connectivity index is 2.19. The zero-order chi connectivity index (χ0) is 17.9. The SMILES string of the molecule is COc1cc(NC(=S)Nc2ccc(C)c(Cl)c2)c(C)cc1[N+](=O)[O-].